The average Bonchev–Trinajstić information content (AvgIpc) is 3.20. The van der Waals surface area contributed by atoms with E-state index in [1.54, 1.807) is 17.8 Å². The van der Waals surface area contributed by atoms with Gasteiger partial charge in [0.1, 0.15) is 5.82 Å². The summed E-state index contributed by atoms with van der Waals surface area (Å²) in [5.74, 6) is 2.52. The molecule has 0 aliphatic carbocycles. The number of fused-ring (bicyclic) bond motifs is 1. The Labute approximate surface area is 211 Å². The van der Waals surface area contributed by atoms with Crippen LogP contribution >= 0.6 is 46.7 Å². The molecule has 1 N–H and O–H groups in total. The number of halogens is 2. The van der Waals surface area contributed by atoms with E-state index in [2.05, 4.69) is 15.5 Å². The van der Waals surface area contributed by atoms with Gasteiger partial charge in [0.25, 0.3) is 0 Å². The molecule has 4 aromatic rings. The molecule has 0 radical (unpaired) electrons. The van der Waals surface area contributed by atoms with Crippen molar-refractivity contribution < 1.29 is 4.79 Å². The Balaban J connectivity index is 1.32. The van der Waals surface area contributed by atoms with E-state index >= 15 is 0 Å². The summed E-state index contributed by atoms with van der Waals surface area (Å²) in [6.07, 6.45) is 0. The predicted octanol–water partition coefficient (Wildman–Crippen LogP) is 6.92. The van der Waals surface area contributed by atoms with Crippen molar-refractivity contribution >= 4 is 69.1 Å². The van der Waals surface area contributed by atoms with Crippen molar-refractivity contribution in [3.8, 4) is 0 Å². The van der Waals surface area contributed by atoms with Crippen molar-refractivity contribution in [1.82, 2.24) is 14.8 Å². The quantitative estimate of drug-likeness (QED) is 0.244. The van der Waals surface area contributed by atoms with Gasteiger partial charge in [-0.2, -0.15) is 0 Å². The maximum atomic E-state index is 12.5. The first kappa shape index (κ1) is 24.0. The number of anilines is 1. The van der Waals surface area contributed by atoms with Crippen LogP contribution in [0.5, 0.6) is 0 Å². The fourth-order valence-electron chi connectivity index (χ4n) is 3.34. The average molecular weight is 518 g/mol. The van der Waals surface area contributed by atoms with Gasteiger partial charge in [-0.3, -0.25) is 4.79 Å². The monoisotopic (exact) mass is 516 g/mol. The van der Waals surface area contributed by atoms with Crippen LogP contribution in [0.1, 0.15) is 18.3 Å². The predicted molar refractivity (Wildman–Crippen MR) is 140 cm³/mol. The molecule has 0 aliphatic rings. The summed E-state index contributed by atoms with van der Waals surface area (Å²) in [4.78, 5) is 12.5. The van der Waals surface area contributed by atoms with Crippen LogP contribution in [-0.2, 0) is 22.8 Å². The highest BCUT2D eigenvalue weighted by atomic mass is 35.5. The van der Waals surface area contributed by atoms with Gasteiger partial charge in [-0.1, -0.05) is 71.4 Å². The molecule has 0 bridgehead atoms. The van der Waals surface area contributed by atoms with Gasteiger partial charge in [0.2, 0.25) is 5.91 Å². The molecule has 0 unspecified atom stereocenters. The number of amides is 1. The van der Waals surface area contributed by atoms with Crippen LogP contribution < -0.4 is 5.32 Å². The van der Waals surface area contributed by atoms with Crippen molar-refractivity contribution in [2.45, 2.75) is 30.1 Å². The van der Waals surface area contributed by atoms with Crippen LogP contribution in [0.15, 0.2) is 65.8 Å². The van der Waals surface area contributed by atoms with Crippen LogP contribution in [0, 0.1) is 0 Å². The van der Waals surface area contributed by atoms with Gasteiger partial charge in [-0.05, 0) is 47.5 Å². The third-order valence-corrected chi connectivity index (χ3v) is 7.51. The number of rotatable bonds is 9. The molecule has 0 saturated carbocycles. The lowest BCUT2D eigenvalue weighted by molar-refractivity contribution is -0.113. The molecule has 170 valence electrons. The highest BCUT2D eigenvalue weighted by molar-refractivity contribution is 7.99. The third-order valence-electron chi connectivity index (χ3n) is 4.98. The number of carbonyl (C=O) groups excluding carboxylic acids is 1. The molecule has 0 saturated heterocycles. The summed E-state index contributed by atoms with van der Waals surface area (Å²) in [5, 5.41) is 15.9. The number of thioether (sulfide) groups is 2. The van der Waals surface area contributed by atoms with Gasteiger partial charge in [0.15, 0.2) is 5.16 Å². The fraction of sp³-hybridized carbons (Fsp3) is 0.208. The van der Waals surface area contributed by atoms with Crippen LogP contribution in [0.4, 0.5) is 5.69 Å². The van der Waals surface area contributed by atoms with E-state index in [9.17, 15) is 4.79 Å². The smallest absolute Gasteiger partial charge is 0.234 e. The van der Waals surface area contributed by atoms with Crippen LogP contribution in [0.3, 0.4) is 0 Å². The van der Waals surface area contributed by atoms with Crippen molar-refractivity contribution in [1.29, 1.82) is 0 Å². The molecule has 5 nitrogen and oxygen atoms in total. The zero-order valence-corrected chi connectivity index (χ0v) is 21.1. The molecule has 3 aromatic carbocycles. The van der Waals surface area contributed by atoms with Crippen molar-refractivity contribution in [3.05, 3.63) is 82.1 Å². The molecule has 4 rings (SSSR count). The zero-order chi connectivity index (χ0) is 23.2. The maximum absolute atomic E-state index is 12.5. The van der Waals surface area contributed by atoms with E-state index in [0.717, 1.165) is 45.3 Å². The highest BCUT2D eigenvalue weighted by Crippen LogP contribution is 2.27. The topological polar surface area (TPSA) is 59.8 Å². The third kappa shape index (κ3) is 6.23. The summed E-state index contributed by atoms with van der Waals surface area (Å²) in [6, 6.07) is 19.5. The number of nitrogens with one attached hydrogen (secondary N) is 1. The van der Waals surface area contributed by atoms with Crippen LogP contribution in [-0.4, -0.2) is 26.4 Å². The molecule has 0 aliphatic heterocycles. The van der Waals surface area contributed by atoms with E-state index in [-0.39, 0.29) is 11.7 Å². The molecular weight excluding hydrogens is 495 g/mol. The highest BCUT2D eigenvalue weighted by Gasteiger charge is 2.14. The van der Waals surface area contributed by atoms with Gasteiger partial charge in [-0.25, -0.2) is 0 Å². The summed E-state index contributed by atoms with van der Waals surface area (Å²) in [7, 11) is 0. The summed E-state index contributed by atoms with van der Waals surface area (Å²) in [5.41, 5.74) is 1.82. The zero-order valence-electron chi connectivity index (χ0n) is 17.9. The lowest BCUT2D eigenvalue weighted by Gasteiger charge is -2.09. The number of benzene rings is 3. The number of nitrogens with zero attached hydrogens (tertiary/aromatic N) is 3. The van der Waals surface area contributed by atoms with Crippen LogP contribution in [0.2, 0.25) is 10.0 Å². The molecule has 1 heterocycles. The Morgan fingerprint density at radius 2 is 1.82 bits per heavy atom. The van der Waals surface area contributed by atoms with Crippen LogP contribution in [0.25, 0.3) is 10.8 Å². The first-order valence-electron chi connectivity index (χ1n) is 10.4. The maximum Gasteiger partial charge on any atom is 0.234 e. The summed E-state index contributed by atoms with van der Waals surface area (Å²) < 4.78 is 2.05. The molecule has 0 atom stereocenters. The minimum Gasteiger partial charge on any atom is -0.325 e. The summed E-state index contributed by atoms with van der Waals surface area (Å²) in [6.45, 7) is 2.78. The lowest BCUT2D eigenvalue weighted by Crippen LogP contribution is -2.14. The lowest BCUT2D eigenvalue weighted by atomic mass is 10.1. The fourth-order valence-corrected chi connectivity index (χ4v) is 5.68. The second-order valence-corrected chi connectivity index (χ2v) is 10.0. The number of carbonyl (C=O) groups is 1. The molecule has 1 amide bonds. The van der Waals surface area contributed by atoms with E-state index in [4.69, 9.17) is 23.2 Å². The minimum atomic E-state index is -0.0748. The van der Waals surface area contributed by atoms with Crippen molar-refractivity contribution in [2.75, 3.05) is 11.1 Å². The Bertz CT molecular complexity index is 1280. The Hall–Kier alpha value is -2.19. The van der Waals surface area contributed by atoms with E-state index < -0.39 is 0 Å². The van der Waals surface area contributed by atoms with Crippen molar-refractivity contribution in [2.24, 2.45) is 0 Å². The van der Waals surface area contributed by atoms with Gasteiger partial charge < -0.3 is 9.88 Å². The standard InChI is InChI=1S/C24H22Cl2N4OS2/c1-2-30-22(14-32-13-18-7-9-19(25)12-21(18)26)28-29-24(30)33-15-23(31)27-20-10-8-16-5-3-4-6-17(16)11-20/h3-12H,2,13-15H2,1H3,(H,27,31). The SMILES string of the molecule is CCn1c(CSCc2ccc(Cl)cc2Cl)nnc1SCC(=O)Nc1ccc2ccccc2c1. The number of hydrogen-bond donors (Lipinski definition) is 1. The second kappa shape index (κ2) is 11.3. The second-order valence-electron chi connectivity index (χ2n) is 7.27. The van der Waals surface area contributed by atoms with E-state index in [1.165, 1.54) is 11.8 Å². The molecule has 0 fully saturated rings. The number of hydrogen-bond acceptors (Lipinski definition) is 5. The molecule has 33 heavy (non-hydrogen) atoms. The van der Waals surface area contributed by atoms with Gasteiger partial charge in [-0.15, -0.1) is 22.0 Å². The summed E-state index contributed by atoms with van der Waals surface area (Å²) >= 11 is 15.3. The Morgan fingerprint density at radius 1 is 1.00 bits per heavy atom. The first-order valence-corrected chi connectivity index (χ1v) is 13.3. The van der Waals surface area contributed by atoms with Gasteiger partial charge in [0.05, 0.1) is 11.5 Å². The molecular formula is C24H22Cl2N4OS2. The largest absolute Gasteiger partial charge is 0.325 e. The molecule has 9 heteroatoms. The normalized spacial score (nSPS) is 11.1. The van der Waals surface area contributed by atoms with Gasteiger partial charge in [0, 0.05) is 28.0 Å². The Kier molecular flexibility index (Phi) is 8.20. The molecule has 0 spiro atoms. The molecule has 1 aromatic heterocycles. The van der Waals surface area contributed by atoms with Gasteiger partial charge >= 0.3 is 0 Å². The minimum absolute atomic E-state index is 0.0748. The van der Waals surface area contributed by atoms with E-state index in [1.807, 2.05) is 66.1 Å². The number of aromatic nitrogens is 3. The Morgan fingerprint density at radius 3 is 2.61 bits per heavy atom. The van der Waals surface area contributed by atoms with Crippen molar-refractivity contribution in [3.63, 3.8) is 0 Å². The first-order chi connectivity index (χ1) is 16.0. The van der Waals surface area contributed by atoms with E-state index in [0.29, 0.717) is 15.8 Å².